The Kier molecular flexibility index (Phi) is 7.45. The molecule has 0 bridgehead atoms. The zero-order valence-electron chi connectivity index (χ0n) is 18.8. The van der Waals surface area contributed by atoms with E-state index in [2.05, 4.69) is 17.1 Å². The molecule has 0 spiro atoms. The van der Waals surface area contributed by atoms with Crippen LogP contribution in [0.3, 0.4) is 0 Å². The normalized spacial score (nSPS) is 14.2. The molecule has 0 unspecified atom stereocenters. The van der Waals surface area contributed by atoms with Crippen molar-refractivity contribution in [3.8, 4) is 0 Å². The molecule has 1 saturated heterocycles. The molecule has 0 aliphatic carbocycles. The highest BCUT2D eigenvalue weighted by molar-refractivity contribution is 6.08. The molecule has 1 aliphatic heterocycles. The van der Waals surface area contributed by atoms with Crippen LogP contribution >= 0.6 is 0 Å². The molecule has 32 heavy (non-hydrogen) atoms. The average Bonchev–Trinajstić information content (AvgIpc) is 2.80. The van der Waals surface area contributed by atoms with Gasteiger partial charge in [0.25, 0.3) is 17.5 Å². The minimum atomic E-state index is -0.494. The molecule has 2 aromatic carbocycles. The number of non-ortho nitro benzene ring substituents is 1. The van der Waals surface area contributed by atoms with E-state index in [4.69, 9.17) is 0 Å². The molecule has 8 nitrogen and oxygen atoms in total. The fourth-order valence-electron chi connectivity index (χ4n) is 3.93. The summed E-state index contributed by atoms with van der Waals surface area (Å²) in [5.41, 5.74) is 1.93. The molecule has 170 valence electrons. The number of hydrogen-bond donors (Lipinski definition) is 1. The van der Waals surface area contributed by atoms with Crippen molar-refractivity contribution in [1.82, 2.24) is 4.90 Å². The largest absolute Gasteiger partial charge is 0.371 e. The van der Waals surface area contributed by atoms with Crippen LogP contribution in [0, 0.1) is 16.0 Å². The third kappa shape index (κ3) is 5.25. The topological polar surface area (TPSA) is 95.8 Å². The number of nitro benzene ring substituents is 1. The maximum absolute atomic E-state index is 13.1. The third-order valence-electron chi connectivity index (χ3n) is 6.00. The molecular weight excluding hydrogens is 408 g/mol. The standard InChI is InChI=1S/C24H30N4O4/c1-4-26(5-2)24(30)18-6-8-19(9-7-18)25-23(29)21-16-20(28(31)32)10-11-22(21)27-14-12-17(3)13-15-27/h6-11,16-17H,4-5,12-15H2,1-3H3,(H,25,29). The Balaban J connectivity index is 1.82. The Labute approximate surface area is 188 Å². The Bertz CT molecular complexity index is 978. The summed E-state index contributed by atoms with van der Waals surface area (Å²) in [6, 6.07) is 11.1. The number of anilines is 2. The van der Waals surface area contributed by atoms with Crippen LogP contribution in [0.4, 0.5) is 17.1 Å². The van der Waals surface area contributed by atoms with Crippen molar-refractivity contribution in [2.45, 2.75) is 33.6 Å². The average molecular weight is 439 g/mol. The predicted octanol–water partition coefficient (Wildman–Crippen LogP) is 4.57. The number of amides is 2. The molecule has 2 aromatic rings. The molecule has 1 N–H and O–H groups in total. The summed E-state index contributed by atoms with van der Waals surface area (Å²) in [7, 11) is 0. The smallest absolute Gasteiger partial charge is 0.270 e. The molecule has 8 heteroatoms. The van der Waals surface area contributed by atoms with E-state index in [1.807, 2.05) is 13.8 Å². The van der Waals surface area contributed by atoms with Gasteiger partial charge >= 0.3 is 0 Å². The number of benzene rings is 2. The molecule has 1 fully saturated rings. The summed E-state index contributed by atoms with van der Waals surface area (Å²) in [5.74, 6) is 0.150. The molecule has 1 heterocycles. The Morgan fingerprint density at radius 2 is 1.72 bits per heavy atom. The molecule has 0 saturated carbocycles. The number of carbonyl (C=O) groups is 2. The zero-order chi connectivity index (χ0) is 23.3. The number of nitrogens with one attached hydrogen (secondary N) is 1. The van der Waals surface area contributed by atoms with E-state index in [9.17, 15) is 19.7 Å². The lowest BCUT2D eigenvalue weighted by Crippen LogP contribution is -2.34. The van der Waals surface area contributed by atoms with E-state index < -0.39 is 10.8 Å². The van der Waals surface area contributed by atoms with Gasteiger partial charge in [0.1, 0.15) is 0 Å². The van der Waals surface area contributed by atoms with Gasteiger partial charge in [-0.15, -0.1) is 0 Å². The SMILES string of the molecule is CCN(CC)C(=O)c1ccc(NC(=O)c2cc([N+](=O)[O-])ccc2N2CCC(C)CC2)cc1. The summed E-state index contributed by atoms with van der Waals surface area (Å²) < 4.78 is 0. The van der Waals surface area contributed by atoms with E-state index in [1.165, 1.54) is 12.1 Å². The van der Waals surface area contributed by atoms with Gasteiger partial charge in [-0.25, -0.2) is 0 Å². The lowest BCUT2D eigenvalue weighted by Gasteiger charge is -2.33. The molecule has 0 atom stereocenters. The highest BCUT2D eigenvalue weighted by Gasteiger charge is 2.24. The van der Waals surface area contributed by atoms with Crippen molar-refractivity contribution in [1.29, 1.82) is 0 Å². The van der Waals surface area contributed by atoms with Crippen LogP contribution in [0.1, 0.15) is 54.3 Å². The van der Waals surface area contributed by atoms with E-state index in [-0.39, 0.29) is 17.2 Å². The van der Waals surface area contributed by atoms with Crippen LogP contribution < -0.4 is 10.2 Å². The third-order valence-corrected chi connectivity index (χ3v) is 6.00. The first kappa shape index (κ1) is 23.2. The van der Waals surface area contributed by atoms with Gasteiger partial charge in [0.15, 0.2) is 0 Å². The number of carbonyl (C=O) groups excluding carboxylic acids is 2. The van der Waals surface area contributed by atoms with Gasteiger partial charge in [-0.05, 0) is 62.9 Å². The number of nitro groups is 1. The van der Waals surface area contributed by atoms with Gasteiger partial charge in [-0.3, -0.25) is 19.7 Å². The minimum Gasteiger partial charge on any atom is -0.371 e. The second-order valence-corrected chi connectivity index (χ2v) is 8.14. The first-order valence-corrected chi connectivity index (χ1v) is 11.1. The van der Waals surface area contributed by atoms with Gasteiger partial charge in [0.05, 0.1) is 16.2 Å². The minimum absolute atomic E-state index is 0.0619. The zero-order valence-corrected chi connectivity index (χ0v) is 18.8. The highest BCUT2D eigenvalue weighted by Crippen LogP contribution is 2.30. The number of rotatable bonds is 7. The van der Waals surface area contributed by atoms with Gasteiger partial charge in [0, 0.05) is 49.6 Å². The van der Waals surface area contributed by atoms with E-state index in [1.54, 1.807) is 35.2 Å². The molecule has 1 aliphatic rings. The molecular formula is C24H30N4O4. The Hall–Kier alpha value is -3.42. The van der Waals surface area contributed by atoms with Crippen molar-refractivity contribution >= 4 is 28.9 Å². The fourth-order valence-corrected chi connectivity index (χ4v) is 3.93. The lowest BCUT2D eigenvalue weighted by atomic mass is 9.98. The summed E-state index contributed by atoms with van der Waals surface area (Å²) in [4.78, 5) is 40.2. The molecule has 0 radical (unpaired) electrons. The second kappa shape index (κ2) is 10.3. The van der Waals surface area contributed by atoms with Crippen LogP contribution in [0.2, 0.25) is 0 Å². The van der Waals surface area contributed by atoms with Crippen molar-refractivity contribution in [3.63, 3.8) is 0 Å². The second-order valence-electron chi connectivity index (χ2n) is 8.14. The number of piperidine rings is 1. The van der Waals surface area contributed by atoms with Crippen LogP contribution in [-0.4, -0.2) is 47.8 Å². The summed E-state index contributed by atoms with van der Waals surface area (Å²) in [5, 5.41) is 14.1. The highest BCUT2D eigenvalue weighted by atomic mass is 16.6. The van der Waals surface area contributed by atoms with Crippen LogP contribution in [0.5, 0.6) is 0 Å². The first-order valence-electron chi connectivity index (χ1n) is 11.1. The van der Waals surface area contributed by atoms with Gasteiger partial charge in [-0.1, -0.05) is 6.92 Å². The first-order chi connectivity index (χ1) is 15.3. The van der Waals surface area contributed by atoms with Crippen molar-refractivity contribution in [3.05, 3.63) is 63.7 Å². The molecule has 2 amide bonds. The van der Waals surface area contributed by atoms with Crippen LogP contribution in [0.15, 0.2) is 42.5 Å². The maximum Gasteiger partial charge on any atom is 0.270 e. The molecule has 3 rings (SSSR count). The summed E-state index contributed by atoms with van der Waals surface area (Å²) in [6.45, 7) is 8.92. The van der Waals surface area contributed by atoms with Gasteiger partial charge in [0.2, 0.25) is 0 Å². The van der Waals surface area contributed by atoms with Gasteiger partial charge in [-0.2, -0.15) is 0 Å². The van der Waals surface area contributed by atoms with Crippen molar-refractivity contribution < 1.29 is 14.5 Å². The molecule has 0 aromatic heterocycles. The van der Waals surface area contributed by atoms with Gasteiger partial charge < -0.3 is 15.1 Å². The monoisotopic (exact) mass is 438 g/mol. The summed E-state index contributed by atoms with van der Waals surface area (Å²) >= 11 is 0. The predicted molar refractivity (Wildman–Crippen MR) is 125 cm³/mol. The van der Waals surface area contributed by atoms with E-state index in [0.29, 0.717) is 35.9 Å². The Morgan fingerprint density at radius 3 is 2.28 bits per heavy atom. The maximum atomic E-state index is 13.1. The van der Waals surface area contributed by atoms with Crippen LogP contribution in [-0.2, 0) is 0 Å². The van der Waals surface area contributed by atoms with E-state index >= 15 is 0 Å². The van der Waals surface area contributed by atoms with Crippen molar-refractivity contribution in [2.24, 2.45) is 5.92 Å². The van der Waals surface area contributed by atoms with Crippen molar-refractivity contribution in [2.75, 3.05) is 36.4 Å². The number of hydrogen-bond acceptors (Lipinski definition) is 5. The number of nitrogens with zero attached hydrogens (tertiary/aromatic N) is 3. The van der Waals surface area contributed by atoms with Crippen LogP contribution in [0.25, 0.3) is 0 Å². The van der Waals surface area contributed by atoms with E-state index in [0.717, 1.165) is 25.9 Å². The Morgan fingerprint density at radius 1 is 1.09 bits per heavy atom. The summed E-state index contributed by atoms with van der Waals surface area (Å²) in [6.07, 6.45) is 2.03. The quantitative estimate of drug-likeness (QED) is 0.505. The lowest BCUT2D eigenvalue weighted by molar-refractivity contribution is -0.384. The fraction of sp³-hybridized carbons (Fsp3) is 0.417.